The third kappa shape index (κ3) is 5.29. The van der Waals surface area contributed by atoms with Gasteiger partial charge in [0.1, 0.15) is 28.3 Å². The lowest BCUT2D eigenvalue weighted by Gasteiger charge is -2.28. The number of fused-ring (bicyclic) bond motifs is 20. The van der Waals surface area contributed by atoms with Crippen molar-refractivity contribution in [1.82, 2.24) is 39.9 Å². The van der Waals surface area contributed by atoms with Crippen LogP contribution in [0.15, 0.2) is 103 Å². The third-order valence-corrected chi connectivity index (χ3v) is 10.6. The summed E-state index contributed by atoms with van der Waals surface area (Å²) in [6.45, 7) is 12.8. The van der Waals surface area contributed by atoms with Crippen LogP contribution in [-0.2, 0) is 10.8 Å². The molecule has 0 aliphatic carbocycles. The number of nitrogens with one attached hydrogen (secondary N) is 2. The van der Waals surface area contributed by atoms with Crippen molar-refractivity contribution in [2.75, 3.05) is 0 Å². The second-order valence-corrected chi connectivity index (χ2v) is 16.4. The van der Waals surface area contributed by atoms with Crippen LogP contribution in [0.2, 0.25) is 0 Å². The van der Waals surface area contributed by atoms with Crippen LogP contribution >= 0.6 is 0 Å². The van der Waals surface area contributed by atoms with E-state index in [1.807, 2.05) is 72.8 Å². The summed E-state index contributed by atoms with van der Waals surface area (Å²) in [5, 5.41) is 15.1. The molecule has 9 nitrogen and oxygen atoms in total. The quantitative estimate of drug-likeness (QED) is 0.154. The largest absolute Gasteiger partial charge is 0.507 e. The predicted octanol–water partition coefficient (Wildman–Crippen LogP) is 10.8. The van der Waals surface area contributed by atoms with Gasteiger partial charge in [-0.3, -0.25) is 0 Å². The molecule has 0 fully saturated rings. The summed E-state index contributed by atoms with van der Waals surface area (Å²) in [7, 11) is 0. The Morgan fingerprint density at radius 1 is 0.400 bits per heavy atom. The van der Waals surface area contributed by atoms with Crippen LogP contribution in [0.3, 0.4) is 0 Å². The molecule has 8 bridgehead atoms. The zero-order valence-corrected chi connectivity index (χ0v) is 31.4. The van der Waals surface area contributed by atoms with Gasteiger partial charge in [-0.1, -0.05) is 120 Å². The summed E-state index contributed by atoms with van der Waals surface area (Å²) < 4.78 is 0. The number of hydrogen-bond acceptors (Lipinski definition) is 7. The van der Waals surface area contributed by atoms with Gasteiger partial charge in [0.05, 0.1) is 0 Å². The van der Waals surface area contributed by atoms with Gasteiger partial charge in [0, 0.05) is 54.9 Å². The fourth-order valence-corrected chi connectivity index (χ4v) is 7.77. The maximum absolute atomic E-state index is 11.5. The van der Waals surface area contributed by atoms with Gasteiger partial charge in [0.25, 0.3) is 0 Å². The van der Waals surface area contributed by atoms with Crippen molar-refractivity contribution < 1.29 is 5.11 Å². The van der Waals surface area contributed by atoms with Crippen LogP contribution in [0.4, 0.5) is 0 Å². The molecule has 2 aliphatic heterocycles. The van der Waals surface area contributed by atoms with E-state index in [4.69, 9.17) is 29.9 Å². The molecule has 3 N–H and O–H groups in total. The first-order valence-corrected chi connectivity index (χ1v) is 18.5. The summed E-state index contributed by atoms with van der Waals surface area (Å²) in [4.78, 5) is 37.8. The molecule has 5 aromatic carbocycles. The van der Waals surface area contributed by atoms with Crippen molar-refractivity contribution in [2.24, 2.45) is 0 Å². The zero-order valence-electron chi connectivity index (χ0n) is 31.4. The SMILES string of the molecule is CC(C)(C)c1cc(-c2ccc3c4nc5nc(nc6[nH]c(nc7nc(nc([nH]4)c3c2)-c2ccccc2-7)c2ccccc62)-c2ccccc2-5)cc(C(C)(C)C)c1O. The summed E-state index contributed by atoms with van der Waals surface area (Å²) in [6.07, 6.45) is 0. The second-order valence-electron chi connectivity index (χ2n) is 16.4. The van der Waals surface area contributed by atoms with Crippen LogP contribution in [0.1, 0.15) is 52.7 Å². The Labute approximate surface area is 317 Å². The number of rotatable bonds is 1. The summed E-state index contributed by atoms with van der Waals surface area (Å²) in [5.41, 5.74) is 9.44. The first-order chi connectivity index (χ1) is 26.4. The van der Waals surface area contributed by atoms with Gasteiger partial charge in [0.2, 0.25) is 0 Å². The molecular formula is C46H38N8O. The molecule has 268 valence electrons. The minimum Gasteiger partial charge on any atom is -0.507 e. The maximum Gasteiger partial charge on any atom is 0.164 e. The Bertz CT molecular complexity index is 3050. The number of aromatic amines is 2. The Morgan fingerprint density at radius 3 is 1.16 bits per heavy atom. The van der Waals surface area contributed by atoms with Gasteiger partial charge in [-0.25, -0.2) is 29.9 Å². The zero-order chi connectivity index (χ0) is 37.8. The van der Waals surface area contributed by atoms with Crippen molar-refractivity contribution in [3.8, 4) is 62.4 Å². The average Bonchev–Trinajstić information content (AvgIpc) is 3.89. The lowest BCUT2D eigenvalue weighted by Crippen LogP contribution is -2.17. The first kappa shape index (κ1) is 32.9. The standard InChI is InChI=1S/C46H38N8O/c1-45(2,3)34-22-25(23-35(36(34)55)46(4,5)6)24-19-20-32-33(21-24)44-53-42-31-18-12-11-17-30(31)40(51-42)49-38-27-14-8-7-13-26(27)37(47-38)48-39-28-15-9-10-16-29(28)41(50-39)52-43(32)54-44/h7-23,55H,1-6H3,(H2,47,48,49,50,51,52,53,54). The number of hydrogen-bond donors (Lipinski definition) is 3. The smallest absolute Gasteiger partial charge is 0.164 e. The number of phenols is 1. The van der Waals surface area contributed by atoms with Gasteiger partial charge in [-0.15, -0.1) is 0 Å². The van der Waals surface area contributed by atoms with Crippen molar-refractivity contribution >= 4 is 44.1 Å². The molecule has 0 amide bonds. The van der Waals surface area contributed by atoms with Crippen LogP contribution < -0.4 is 0 Å². The van der Waals surface area contributed by atoms with E-state index < -0.39 is 0 Å². The monoisotopic (exact) mass is 718 g/mol. The van der Waals surface area contributed by atoms with E-state index in [-0.39, 0.29) is 10.8 Å². The predicted molar refractivity (Wildman–Crippen MR) is 221 cm³/mol. The Kier molecular flexibility index (Phi) is 6.95. The van der Waals surface area contributed by atoms with Crippen LogP contribution in [0, 0.1) is 0 Å². The topological polar surface area (TPSA) is 129 Å². The van der Waals surface area contributed by atoms with E-state index in [9.17, 15) is 5.11 Å². The molecule has 55 heavy (non-hydrogen) atoms. The number of benzene rings is 5. The van der Waals surface area contributed by atoms with E-state index in [1.165, 1.54) is 0 Å². The molecule has 0 spiro atoms. The molecule has 0 saturated carbocycles. The number of phenolic OH excluding ortho intramolecular Hbond substituents is 1. The highest BCUT2D eigenvalue weighted by Gasteiger charge is 2.27. The molecule has 0 radical (unpaired) electrons. The molecule has 2 aliphatic rings. The van der Waals surface area contributed by atoms with E-state index in [2.05, 4.69) is 81.8 Å². The minimum atomic E-state index is -0.270. The fraction of sp³-hybridized carbons (Fsp3) is 0.174. The number of H-pyrrole nitrogens is 2. The van der Waals surface area contributed by atoms with E-state index in [0.29, 0.717) is 51.6 Å². The van der Waals surface area contributed by atoms with E-state index in [0.717, 1.165) is 66.1 Å². The highest BCUT2D eigenvalue weighted by atomic mass is 16.3. The summed E-state index contributed by atoms with van der Waals surface area (Å²) >= 11 is 0. The molecule has 8 aromatic rings. The Balaban J connectivity index is 1.32. The molecule has 0 atom stereocenters. The van der Waals surface area contributed by atoms with Gasteiger partial charge < -0.3 is 15.1 Å². The fourth-order valence-electron chi connectivity index (χ4n) is 7.77. The Hall–Kier alpha value is -6.74. The molecular weight excluding hydrogens is 681 g/mol. The molecule has 9 heteroatoms. The van der Waals surface area contributed by atoms with Crippen LogP contribution in [0.25, 0.3) is 101 Å². The highest BCUT2D eigenvalue weighted by molar-refractivity contribution is 6.07. The number of aromatic nitrogens is 8. The second kappa shape index (κ2) is 11.6. The van der Waals surface area contributed by atoms with Crippen molar-refractivity contribution in [2.45, 2.75) is 52.4 Å². The van der Waals surface area contributed by atoms with Crippen molar-refractivity contribution in [3.63, 3.8) is 0 Å². The lowest BCUT2D eigenvalue weighted by molar-refractivity contribution is 0.423. The van der Waals surface area contributed by atoms with Crippen LogP contribution in [0.5, 0.6) is 5.75 Å². The average molecular weight is 719 g/mol. The van der Waals surface area contributed by atoms with E-state index >= 15 is 0 Å². The van der Waals surface area contributed by atoms with Crippen molar-refractivity contribution in [1.29, 1.82) is 0 Å². The summed E-state index contributed by atoms with van der Waals surface area (Å²) in [6, 6.07) is 34.8. The third-order valence-electron chi connectivity index (χ3n) is 10.6. The van der Waals surface area contributed by atoms with E-state index in [1.54, 1.807) is 0 Å². The first-order valence-electron chi connectivity index (χ1n) is 18.5. The molecule has 5 heterocycles. The maximum atomic E-state index is 11.5. The van der Waals surface area contributed by atoms with Gasteiger partial charge in [-0.2, -0.15) is 0 Å². The van der Waals surface area contributed by atoms with Gasteiger partial charge in [0.15, 0.2) is 23.3 Å². The minimum absolute atomic E-state index is 0.270. The number of nitrogens with zero attached hydrogens (tertiary/aromatic N) is 6. The number of aromatic hydroxyl groups is 1. The van der Waals surface area contributed by atoms with Gasteiger partial charge in [-0.05, 0) is 46.2 Å². The lowest BCUT2D eigenvalue weighted by atomic mass is 9.77. The van der Waals surface area contributed by atoms with Crippen LogP contribution in [-0.4, -0.2) is 45.0 Å². The molecule has 3 aromatic heterocycles. The summed E-state index contributed by atoms with van der Waals surface area (Å²) in [5.74, 6) is 2.60. The molecule has 10 rings (SSSR count). The molecule has 0 unspecified atom stereocenters. The highest BCUT2D eigenvalue weighted by Crippen LogP contribution is 2.43. The van der Waals surface area contributed by atoms with Crippen molar-refractivity contribution in [3.05, 3.63) is 114 Å². The molecule has 0 saturated heterocycles. The Morgan fingerprint density at radius 2 is 0.764 bits per heavy atom. The normalized spacial score (nSPS) is 12.6. The van der Waals surface area contributed by atoms with Gasteiger partial charge >= 0.3 is 0 Å².